The number of benzene rings is 2. The normalized spacial score (nSPS) is 13.9. The second-order valence-corrected chi connectivity index (χ2v) is 7.99. The van der Waals surface area contributed by atoms with Crippen LogP contribution >= 0.6 is 7.14 Å². The van der Waals surface area contributed by atoms with Crippen LogP contribution in [0.5, 0.6) is 0 Å². The van der Waals surface area contributed by atoms with Crippen molar-refractivity contribution >= 4 is 12.4 Å². The van der Waals surface area contributed by atoms with Crippen molar-refractivity contribution in [1.82, 2.24) is 5.32 Å². The van der Waals surface area contributed by atoms with Crippen LogP contribution in [0.2, 0.25) is 0 Å². The number of hydrogen-bond donors (Lipinski definition) is 1. The van der Waals surface area contributed by atoms with Gasteiger partial charge in [-0.05, 0) is 12.2 Å². The maximum Gasteiger partial charge on any atom is 0.113 e. The van der Waals surface area contributed by atoms with Crippen LogP contribution in [0.4, 0.5) is 0 Å². The van der Waals surface area contributed by atoms with E-state index in [2.05, 4.69) is 17.4 Å². The lowest BCUT2D eigenvalue weighted by Gasteiger charge is -2.13. The molecule has 19 heavy (non-hydrogen) atoms. The first kappa shape index (κ1) is 14.0. The average Bonchev–Trinajstić information content (AvgIpc) is 2.46. The van der Waals surface area contributed by atoms with Gasteiger partial charge in [0.15, 0.2) is 0 Å². The quantitative estimate of drug-likeness (QED) is 0.647. The minimum atomic E-state index is -2.23. The predicted molar refractivity (Wildman–Crippen MR) is 82.6 cm³/mol. The number of rotatable bonds is 6. The average molecular weight is 273 g/mol. The monoisotopic (exact) mass is 273 g/mol. The third-order valence-electron chi connectivity index (χ3n) is 3.19. The Labute approximate surface area is 115 Å². The van der Waals surface area contributed by atoms with Crippen molar-refractivity contribution in [3.8, 4) is 0 Å². The molecule has 0 unspecified atom stereocenters. The molecule has 0 aliphatic carbocycles. The Morgan fingerprint density at radius 1 is 0.947 bits per heavy atom. The molecule has 0 saturated heterocycles. The lowest BCUT2D eigenvalue weighted by Crippen LogP contribution is -2.20. The molecule has 2 aromatic carbocycles. The van der Waals surface area contributed by atoms with Gasteiger partial charge in [0, 0.05) is 24.6 Å². The van der Waals surface area contributed by atoms with Crippen molar-refractivity contribution in [2.45, 2.75) is 6.54 Å². The predicted octanol–water partition coefficient (Wildman–Crippen LogP) is 3.09. The van der Waals surface area contributed by atoms with Crippen LogP contribution in [0.3, 0.4) is 0 Å². The smallest absolute Gasteiger partial charge is 0.113 e. The van der Waals surface area contributed by atoms with Crippen LogP contribution in [-0.2, 0) is 11.1 Å². The molecule has 2 nitrogen and oxygen atoms in total. The summed E-state index contributed by atoms with van der Waals surface area (Å²) in [6, 6.07) is 20.0. The largest absolute Gasteiger partial charge is 0.319 e. The summed E-state index contributed by atoms with van der Waals surface area (Å²) in [6.07, 6.45) is 0.698. The van der Waals surface area contributed by atoms with Crippen LogP contribution in [0.1, 0.15) is 5.56 Å². The Morgan fingerprint density at radius 2 is 1.53 bits per heavy atom. The van der Waals surface area contributed by atoms with E-state index in [1.54, 1.807) is 0 Å². The highest BCUT2D eigenvalue weighted by atomic mass is 31.2. The summed E-state index contributed by atoms with van der Waals surface area (Å²) < 4.78 is 12.6. The topological polar surface area (TPSA) is 29.1 Å². The van der Waals surface area contributed by atoms with Crippen LogP contribution in [0, 0.1) is 0 Å². The summed E-state index contributed by atoms with van der Waals surface area (Å²) in [4.78, 5) is 0. The highest BCUT2D eigenvalue weighted by Crippen LogP contribution is 2.38. The summed E-state index contributed by atoms with van der Waals surface area (Å²) >= 11 is 0. The van der Waals surface area contributed by atoms with Gasteiger partial charge in [-0.1, -0.05) is 60.7 Å². The summed E-state index contributed by atoms with van der Waals surface area (Å²) in [5, 5.41) is 4.32. The second kappa shape index (κ2) is 6.70. The first-order chi connectivity index (χ1) is 9.18. The molecule has 1 N–H and O–H groups in total. The lowest BCUT2D eigenvalue weighted by molar-refractivity contribution is 0.581. The van der Waals surface area contributed by atoms with Crippen molar-refractivity contribution in [2.24, 2.45) is 0 Å². The van der Waals surface area contributed by atoms with Gasteiger partial charge in [0.25, 0.3) is 0 Å². The highest BCUT2D eigenvalue weighted by Gasteiger charge is 2.16. The molecule has 2 rings (SSSR count). The van der Waals surface area contributed by atoms with E-state index >= 15 is 0 Å². The van der Waals surface area contributed by atoms with E-state index in [0.717, 1.165) is 18.4 Å². The molecule has 0 aliphatic rings. The molecule has 0 spiro atoms. The van der Waals surface area contributed by atoms with Gasteiger partial charge in [0.05, 0.1) is 0 Å². The van der Waals surface area contributed by atoms with Gasteiger partial charge in [-0.3, -0.25) is 0 Å². The van der Waals surface area contributed by atoms with Crippen LogP contribution in [0.15, 0.2) is 60.7 Å². The van der Waals surface area contributed by atoms with Crippen LogP contribution < -0.4 is 10.6 Å². The van der Waals surface area contributed by atoms with Crippen LogP contribution in [-0.4, -0.2) is 19.4 Å². The van der Waals surface area contributed by atoms with Crippen molar-refractivity contribution in [3.63, 3.8) is 0 Å². The molecule has 0 amide bonds. The minimum absolute atomic E-state index is 0.698. The molecular weight excluding hydrogens is 253 g/mol. The molecule has 0 heterocycles. The maximum atomic E-state index is 12.6. The fourth-order valence-electron chi connectivity index (χ4n) is 1.99. The molecule has 1 atom stereocenters. The zero-order chi connectivity index (χ0) is 13.6. The van der Waals surface area contributed by atoms with E-state index in [1.165, 1.54) is 5.56 Å². The lowest BCUT2D eigenvalue weighted by atomic mass is 10.2. The highest BCUT2D eigenvalue weighted by molar-refractivity contribution is 7.70. The summed E-state index contributed by atoms with van der Waals surface area (Å²) in [6.45, 7) is 3.47. The Bertz CT molecular complexity index is 539. The van der Waals surface area contributed by atoms with Crippen molar-refractivity contribution in [1.29, 1.82) is 0 Å². The molecule has 0 aliphatic heterocycles. The van der Waals surface area contributed by atoms with Gasteiger partial charge in [0.1, 0.15) is 7.14 Å². The van der Waals surface area contributed by atoms with Crippen molar-refractivity contribution in [2.75, 3.05) is 19.4 Å². The zero-order valence-electron chi connectivity index (χ0n) is 11.3. The molecule has 0 fully saturated rings. The van der Waals surface area contributed by atoms with Crippen molar-refractivity contribution in [3.05, 3.63) is 66.2 Å². The van der Waals surface area contributed by atoms with Gasteiger partial charge >= 0.3 is 0 Å². The minimum Gasteiger partial charge on any atom is -0.319 e. The number of hydrogen-bond acceptors (Lipinski definition) is 2. The number of nitrogens with one attached hydrogen (secondary N) is 1. The standard InChI is InChI=1S/C16H20NOP/c1-19(18,16-10-6-3-7-11-16)13-12-17-14-15-8-4-2-5-9-15/h2-11,17H,12-14H2,1H3/t19-/m1/s1. The zero-order valence-corrected chi connectivity index (χ0v) is 12.1. The van der Waals surface area contributed by atoms with Crippen molar-refractivity contribution < 1.29 is 4.57 Å². The van der Waals surface area contributed by atoms with Crippen LogP contribution in [0.25, 0.3) is 0 Å². The third-order valence-corrected chi connectivity index (χ3v) is 5.66. The Balaban J connectivity index is 1.81. The maximum absolute atomic E-state index is 12.6. The Morgan fingerprint density at radius 3 is 2.16 bits per heavy atom. The molecule has 0 aromatic heterocycles. The molecule has 100 valence electrons. The van der Waals surface area contributed by atoms with Gasteiger partial charge in [-0.2, -0.15) is 0 Å². The molecule has 2 aromatic rings. The molecule has 0 radical (unpaired) electrons. The van der Waals surface area contributed by atoms with Gasteiger partial charge < -0.3 is 9.88 Å². The van der Waals surface area contributed by atoms with E-state index in [-0.39, 0.29) is 0 Å². The molecule has 0 saturated carbocycles. The second-order valence-electron chi connectivity index (χ2n) is 4.82. The molecular formula is C16H20NOP. The first-order valence-electron chi connectivity index (χ1n) is 6.55. The van der Waals surface area contributed by atoms with E-state index in [0.29, 0.717) is 6.16 Å². The Kier molecular flexibility index (Phi) is 4.95. The summed E-state index contributed by atoms with van der Waals surface area (Å²) in [7, 11) is -2.23. The van der Waals surface area contributed by atoms with E-state index in [9.17, 15) is 4.57 Å². The molecule has 3 heteroatoms. The summed E-state index contributed by atoms with van der Waals surface area (Å²) in [5.41, 5.74) is 1.26. The van der Waals surface area contributed by atoms with Gasteiger partial charge in [-0.25, -0.2) is 0 Å². The van der Waals surface area contributed by atoms with E-state index < -0.39 is 7.14 Å². The van der Waals surface area contributed by atoms with E-state index in [4.69, 9.17) is 0 Å². The summed E-state index contributed by atoms with van der Waals surface area (Å²) in [5.74, 6) is 0. The fraction of sp³-hybridized carbons (Fsp3) is 0.250. The third kappa shape index (κ3) is 4.34. The first-order valence-corrected chi connectivity index (χ1v) is 8.89. The van der Waals surface area contributed by atoms with Gasteiger partial charge in [0.2, 0.25) is 0 Å². The SMILES string of the molecule is C[P@@](=O)(CCNCc1ccccc1)c1ccccc1. The molecule has 0 bridgehead atoms. The fourth-order valence-corrected chi connectivity index (χ4v) is 3.64. The Hall–Kier alpha value is -1.37. The van der Waals surface area contributed by atoms with E-state index in [1.807, 2.05) is 55.2 Å². The van der Waals surface area contributed by atoms with Gasteiger partial charge in [-0.15, -0.1) is 0 Å².